The highest BCUT2D eigenvalue weighted by Gasteiger charge is 2.18. The zero-order chi connectivity index (χ0) is 14.6. The van der Waals surface area contributed by atoms with Gasteiger partial charge in [-0.3, -0.25) is 0 Å². The minimum absolute atomic E-state index is 0.134. The summed E-state index contributed by atoms with van der Waals surface area (Å²) in [5.74, 6) is 0.326. The summed E-state index contributed by atoms with van der Waals surface area (Å²) in [6.07, 6.45) is 1.54. The number of nitrogens with one attached hydrogen (secondary N) is 2. The van der Waals surface area contributed by atoms with E-state index < -0.39 is 10.0 Å². The lowest BCUT2D eigenvalue weighted by atomic mass is 10.2. The number of hydrogen-bond acceptors (Lipinski definition) is 4. The Labute approximate surface area is 126 Å². The third-order valence-corrected chi connectivity index (χ3v) is 4.91. The highest BCUT2D eigenvalue weighted by molar-refractivity contribution is 9.10. The van der Waals surface area contributed by atoms with Crippen LogP contribution in [-0.4, -0.2) is 20.4 Å². The average Bonchev–Trinajstić information content (AvgIpc) is 2.46. The third-order valence-electron chi connectivity index (χ3n) is 2.71. The molecule has 2 aromatic rings. The Morgan fingerprint density at radius 2 is 1.95 bits per heavy atom. The van der Waals surface area contributed by atoms with E-state index in [1.807, 2.05) is 24.3 Å². The monoisotopic (exact) mass is 355 g/mol. The first-order chi connectivity index (χ1) is 9.54. The first-order valence-corrected chi connectivity index (χ1v) is 8.18. The summed E-state index contributed by atoms with van der Waals surface area (Å²) in [7, 11) is -1.98. The molecule has 1 heterocycles. The summed E-state index contributed by atoms with van der Waals surface area (Å²) in [6.45, 7) is 0.210. The van der Waals surface area contributed by atoms with Crippen molar-refractivity contribution in [3.05, 3.63) is 52.6 Å². The van der Waals surface area contributed by atoms with Crippen LogP contribution in [0.2, 0.25) is 0 Å². The number of nitrogens with zero attached hydrogens (tertiary/aromatic N) is 1. The molecular weight excluding hydrogens is 342 g/mol. The van der Waals surface area contributed by atoms with E-state index in [-0.39, 0.29) is 11.4 Å². The predicted octanol–water partition coefficient (Wildman–Crippen LogP) is 2.36. The highest BCUT2D eigenvalue weighted by Crippen LogP contribution is 2.19. The Kier molecular flexibility index (Phi) is 4.74. The van der Waals surface area contributed by atoms with E-state index in [9.17, 15) is 8.42 Å². The number of anilines is 1. The summed E-state index contributed by atoms with van der Waals surface area (Å²) >= 11 is 3.39. The summed E-state index contributed by atoms with van der Waals surface area (Å²) in [6, 6.07) is 10.6. The molecule has 0 aliphatic carbocycles. The molecule has 1 aromatic heterocycles. The molecule has 0 unspecified atom stereocenters. The topological polar surface area (TPSA) is 71.1 Å². The van der Waals surface area contributed by atoms with Gasteiger partial charge in [-0.1, -0.05) is 34.1 Å². The molecule has 106 valence electrons. The highest BCUT2D eigenvalue weighted by atomic mass is 79.9. The number of benzene rings is 1. The van der Waals surface area contributed by atoms with Crippen molar-refractivity contribution in [2.24, 2.45) is 0 Å². The Morgan fingerprint density at radius 1 is 1.20 bits per heavy atom. The minimum Gasteiger partial charge on any atom is -0.372 e. The molecule has 0 amide bonds. The van der Waals surface area contributed by atoms with Crippen LogP contribution in [0.15, 0.2) is 52.0 Å². The van der Waals surface area contributed by atoms with E-state index in [0.717, 1.165) is 10.0 Å². The zero-order valence-corrected chi connectivity index (χ0v) is 13.2. The van der Waals surface area contributed by atoms with Crippen LogP contribution in [0, 0.1) is 0 Å². The Balaban J connectivity index is 2.22. The van der Waals surface area contributed by atoms with Gasteiger partial charge >= 0.3 is 0 Å². The van der Waals surface area contributed by atoms with Crippen molar-refractivity contribution in [1.82, 2.24) is 9.71 Å². The van der Waals surface area contributed by atoms with E-state index >= 15 is 0 Å². The Bertz CT molecular complexity index is 704. The smallest absolute Gasteiger partial charge is 0.244 e. The van der Waals surface area contributed by atoms with Crippen LogP contribution in [0.25, 0.3) is 0 Å². The van der Waals surface area contributed by atoms with Crippen molar-refractivity contribution < 1.29 is 8.42 Å². The van der Waals surface area contributed by atoms with Gasteiger partial charge in [0, 0.05) is 24.3 Å². The fraction of sp³-hybridized carbons (Fsp3) is 0.154. The number of sulfonamides is 1. The molecule has 2 N–H and O–H groups in total. The van der Waals surface area contributed by atoms with Crippen molar-refractivity contribution in [3.8, 4) is 0 Å². The lowest BCUT2D eigenvalue weighted by molar-refractivity contribution is 0.581. The lowest BCUT2D eigenvalue weighted by Crippen LogP contribution is -2.24. The fourth-order valence-electron chi connectivity index (χ4n) is 1.69. The van der Waals surface area contributed by atoms with Gasteiger partial charge in [0.05, 0.1) is 0 Å². The van der Waals surface area contributed by atoms with Crippen molar-refractivity contribution in [1.29, 1.82) is 0 Å². The van der Waals surface area contributed by atoms with Crippen molar-refractivity contribution in [2.75, 3.05) is 12.4 Å². The largest absolute Gasteiger partial charge is 0.372 e. The molecule has 0 spiro atoms. The predicted molar refractivity (Wildman–Crippen MR) is 82.0 cm³/mol. The van der Waals surface area contributed by atoms with E-state index in [1.165, 1.54) is 6.07 Å². The average molecular weight is 356 g/mol. The summed E-state index contributed by atoms with van der Waals surface area (Å²) in [5.41, 5.74) is 0.867. The first-order valence-electron chi connectivity index (χ1n) is 5.90. The van der Waals surface area contributed by atoms with E-state index in [4.69, 9.17) is 0 Å². The standard InChI is InChI=1S/C13H14BrN3O2S/c1-15-13-12(7-4-8-16-13)20(18,19)17-9-10-5-2-3-6-11(10)14/h2-8,17H,9H2,1H3,(H,15,16). The van der Waals surface area contributed by atoms with Crippen molar-refractivity contribution in [2.45, 2.75) is 11.4 Å². The zero-order valence-electron chi connectivity index (χ0n) is 10.8. The molecule has 0 saturated heterocycles. The summed E-state index contributed by atoms with van der Waals surface area (Å²) < 4.78 is 28.0. The number of pyridine rings is 1. The Hall–Kier alpha value is -1.44. The first kappa shape index (κ1) is 15.0. The molecule has 5 nitrogen and oxygen atoms in total. The third kappa shape index (κ3) is 3.36. The number of rotatable bonds is 5. The van der Waals surface area contributed by atoms with Gasteiger partial charge in [0.1, 0.15) is 10.7 Å². The Morgan fingerprint density at radius 3 is 2.65 bits per heavy atom. The van der Waals surface area contributed by atoms with Gasteiger partial charge in [0.2, 0.25) is 10.0 Å². The second kappa shape index (κ2) is 6.34. The van der Waals surface area contributed by atoms with Crippen LogP contribution < -0.4 is 10.0 Å². The van der Waals surface area contributed by atoms with Crippen LogP contribution in [0.1, 0.15) is 5.56 Å². The molecule has 0 saturated carbocycles. The van der Waals surface area contributed by atoms with E-state index in [2.05, 4.69) is 31.0 Å². The SMILES string of the molecule is CNc1ncccc1S(=O)(=O)NCc1ccccc1Br. The maximum atomic E-state index is 12.3. The second-order valence-electron chi connectivity index (χ2n) is 4.02. The molecule has 2 rings (SSSR count). The molecule has 0 atom stereocenters. The summed E-state index contributed by atoms with van der Waals surface area (Å²) in [4.78, 5) is 4.13. The number of hydrogen-bond donors (Lipinski definition) is 2. The van der Waals surface area contributed by atoms with Gasteiger partial charge in [-0.2, -0.15) is 0 Å². The van der Waals surface area contributed by atoms with Crippen molar-refractivity contribution >= 4 is 31.8 Å². The molecule has 0 aliphatic heterocycles. The second-order valence-corrected chi connectivity index (χ2v) is 6.61. The number of aromatic nitrogens is 1. The summed E-state index contributed by atoms with van der Waals surface area (Å²) in [5, 5.41) is 2.77. The molecule has 0 bridgehead atoms. The molecule has 1 aromatic carbocycles. The van der Waals surface area contributed by atoms with E-state index in [0.29, 0.717) is 5.82 Å². The van der Waals surface area contributed by atoms with Gasteiger partial charge < -0.3 is 5.32 Å². The maximum absolute atomic E-state index is 12.3. The molecular formula is C13H14BrN3O2S. The van der Waals surface area contributed by atoms with Crippen LogP contribution in [-0.2, 0) is 16.6 Å². The quantitative estimate of drug-likeness (QED) is 0.863. The van der Waals surface area contributed by atoms with Crippen LogP contribution in [0.5, 0.6) is 0 Å². The molecule has 7 heteroatoms. The molecule has 0 fully saturated rings. The maximum Gasteiger partial charge on any atom is 0.244 e. The van der Waals surface area contributed by atoms with E-state index in [1.54, 1.807) is 19.3 Å². The van der Waals surface area contributed by atoms with Gasteiger partial charge in [0.15, 0.2) is 0 Å². The molecule has 20 heavy (non-hydrogen) atoms. The van der Waals surface area contributed by atoms with Crippen molar-refractivity contribution in [3.63, 3.8) is 0 Å². The van der Waals surface area contributed by atoms with Gasteiger partial charge in [-0.25, -0.2) is 18.1 Å². The fourth-order valence-corrected chi connectivity index (χ4v) is 3.28. The number of halogens is 1. The minimum atomic E-state index is -3.61. The molecule has 0 radical (unpaired) electrons. The lowest BCUT2D eigenvalue weighted by Gasteiger charge is -2.10. The van der Waals surface area contributed by atoms with Crippen LogP contribution in [0.4, 0.5) is 5.82 Å². The molecule has 0 aliphatic rings. The normalized spacial score (nSPS) is 11.3. The van der Waals surface area contributed by atoms with Gasteiger partial charge in [-0.05, 0) is 23.8 Å². The van der Waals surface area contributed by atoms with Crippen LogP contribution >= 0.6 is 15.9 Å². The van der Waals surface area contributed by atoms with Crippen LogP contribution in [0.3, 0.4) is 0 Å². The van der Waals surface area contributed by atoms with Gasteiger partial charge in [-0.15, -0.1) is 0 Å². The van der Waals surface area contributed by atoms with Gasteiger partial charge in [0.25, 0.3) is 0 Å².